The first-order chi connectivity index (χ1) is 7.31. The van der Waals surface area contributed by atoms with Crippen molar-refractivity contribution in [3.63, 3.8) is 0 Å². The number of nitrogens with one attached hydrogen (secondary N) is 1. The molecule has 1 atom stereocenters. The molecule has 1 amide bonds. The Kier molecular flexibility index (Phi) is 5.92. The van der Waals surface area contributed by atoms with Crippen molar-refractivity contribution in [1.29, 1.82) is 0 Å². The van der Waals surface area contributed by atoms with Crippen LogP contribution in [0.5, 0.6) is 0 Å². The lowest BCUT2D eigenvalue weighted by Gasteiger charge is -2.30. The Balaban J connectivity index is 0.00000256. The van der Waals surface area contributed by atoms with Crippen molar-refractivity contribution in [3.8, 4) is 0 Å². The molecule has 0 bridgehead atoms. The van der Waals surface area contributed by atoms with Crippen LogP contribution in [-0.2, 0) is 9.59 Å². The van der Waals surface area contributed by atoms with Gasteiger partial charge in [0.05, 0.1) is 6.54 Å². The highest BCUT2D eigenvalue weighted by molar-refractivity contribution is 5.85. The Bertz CT molecular complexity index is 294. The number of carboxylic acid groups (broad SMARTS) is 1. The summed E-state index contributed by atoms with van der Waals surface area (Å²) in [4.78, 5) is 23.9. The van der Waals surface area contributed by atoms with Crippen LogP contribution in [0.3, 0.4) is 0 Å². The molecule has 0 saturated carbocycles. The maximum absolute atomic E-state index is 11.5. The zero-order valence-corrected chi connectivity index (χ0v) is 11.3. The number of hydrogen-bond acceptors (Lipinski definition) is 3. The molecular weight excluding hydrogens is 244 g/mol. The molecule has 0 radical (unpaired) electrons. The Morgan fingerprint density at radius 1 is 1.47 bits per heavy atom. The van der Waals surface area contributed by atoms with Gasteiger partial charge in [0.2, 0.25) is 5.91 Å². The summed E-state index contributed by atoms with van der Waals surface area (Å²) >= 11 is 0. The topological polar surface area (TPSA) is 69.6 Å². The monoisotopic (exact) mass is 264 g/mol. The first-order valence-corrected chi connectivity index (χ1v) is 5.55. The quantitative estimate of drug-likeness (QED) is 0.785. The summed E-state index contributed by atoms with van der Waals surface area (Å²) in [7, 11) is 0. The number of aliphatic carboxylic acids is 1. The highest BCUT2D eigenvalue weighted by Gasteiger charge is 2.36. The van der Waals surface area contributed by atoms with Crippen LogP contribution in [0.2, 0.25) is 0 Å². The highest BCUT2D eigenvalue weighted by atomic mass is 35.5. The van der Waals surface area contributed by atoms with E-state index in [0.29, 0.717) is 5.92 Å². The maximum atomic E-state index is 11.5. The Morgan fingerprint density at radius 2 is 2.06 bits per heavy atom. The van der Waals surface area contributed by atoms with Crippen LogP contribution >= 0.6 is 12.4 Å². The van der Waals surface area contributed by atoms with E-state index in [9.17, 15) is 9.59 Å². The van der Waals surface area contributed by atoms with Crippen LogP contribution in [-0.4, -0.2) is 47.1 Å². The van der Waals surface area contributed by atoms with Crippen molar-refractivity contribution in [2.45, 2.75) is 32.7 Å². The minimum absolute atomic E-state index is 0. The molecule has 1 heterocycles. The minimum atomic E-state index is -1.01. The van der Waals surface area contributed by atoms with Crippen molar-refractivity contribution in [1.82, 2.24) is 10.2 Å². The second kappa shape index (κ2) is 6.21. The van der Waals surface area contributed by atoms with Gasteiger partial charge in [0.25, 0.3) is 0 Å². The van der Waals surface area contributed by atoms with E-state index in [1.54, 1.807) is 0 Å². The lowest BCUT2D eigenvalue weighted by molar-refractivity contribution is -0.138. The molecular formula is C11H21ClN2O3. The average Bonchev–Trinajstić information content (AvgIpc) is 2.36. The van der Waals surface area contributed by atoms with E-state index in [0.717, 1.165) is 13.0 Å². The van der Waals surface area contributed by atoms with E-state index in [1.807, 2.05) is 0 Å². The predicted molar refractivity (Wildman–Crippen MR) is 67.3 cm³/mol. The number of nitrogens with zero attached hydrogens (tertiary/aromatic N) is 1. The number of amides is 1. The Labute approximate surface area is 108 Å². The normalized spacial score (nSPS) is 22.9. The van der Waals surface area contributed by atoms with Crippen molar-refractivity contribution >= 4 is 24.3 Å². The number of carbonyl (C=O) groups is 2. The van der Waals surface area contributed by atoms with Crippen molar-refractivity contribution < 1.29 is 14.7 Å². The van der Waals surface area contributed by atoms with E-state index in [4.69, 9.17) is 5.11 Å². The average molecular weight is 265 g/mol. The Hall–Kier alpha value is -0.810. The number of rotatable bonds is 4. The lowest BCUT2D eigenvalue weighted by atomic mass is 9.98. The maximum Gasteiger partial charge on any atom is 0.322 e. The summed E-state index contributed by atoms with van der Waals surface area (Å²) in [6.45, 7) is 7.26. The van der Waals surface area contributed by atoms with Gasteiger partial charge in [-0.05, 0) is 26.2 Å². The lowest BCUT2D eigenvalue weighted by Crippen LogP contribution is -2.45. The summed E-state index contributed by atoms with van der Waals surface area (Å²) in [6, 6.07) is 0. The van der Waals surface area contributed by atoms with Gasteiger partial charge in [0.15, 0.2) is 0 Å². The Morgan fingerprint density at radius 3 is 2.47 bits per heavy atom. The molecule has 0 aromatic rings. The fourth-order valence-corrected chi connectivity index (χ4v) is 2.35. The first-order valence-electron chi connectivity index (χ1n) is 5.55. The summed E-state index contributed by atoms with van der Waals surface area (Å²) < 4.78 is 0. The van der Waals surface area contributed by atoms with Gasteiger partial charge in [0, 0.05) is 12.1 Å². The molecule has 1 aliphatic heterocycles. The van der Waals surface area contributed by atoms with Crippen LogP contribution < -0.4 is 5.32 Å². The SMILES string of the molecule is CC1CN(CC(=O)NCC(=O)O)C(C)(C)C1.Cl. The summed E-state index contributed by atoms with van der Waals surface area (Å²) in [5.41, 5.74) is 0.0278. The second-order valence-corrected chi connectivity index (χ2v) is 5.17. The van der Waals surface area contributed by atoms with Gasteiger partial charge >= 0.3 is 5.97 Å². The molecule has 6 heteroatoms. The molecule has 1 saturated heterocycles. The van der Waals surface area contributed by atoms with E-state index in [-0.39, 0.29) is 36.9 Å². The number of likely N-dealkylation sites (tertiary alicyclic amines) is 1. The molecule has 0 aromatic heterocycles. The number of halogens is 1. The molecule has 1 unspecified atom stereocenters. The van der Waals surface area contributed by atoms with Crippen molar-refractivity contribution in [2.75, 3.05) is 19.6 Å². The molecule has 5 nitrogen and oxygen atoms in total. The molecule has 0 spiro atoms. The molecule has 1 rings (SSSR count). The van der Waals surface area contributed by atoms with Crippen LogP contribution in [0.25, 0.3) is 0 Å². The fourth-order valence-electron chi connectivity index (χ4n) is 2.35. The smallest absolute Gasteiger partial charge is 0.322 e. The van der Waals surface area contributed by atoms with Crippen molar-refractivity contribution in [3.05, 3.63) is 0 Å². The van der Waals surface area contributed by atoms with Gasteiger partial charge < -0.3 is 10.4 Å². The fraction of sp³-hybridized carbons (Fsp3) is 0.818. The molecule has 1 fully saturated rings. The number of carbonyl (C=O) groups excluding carboxylic acids is 1. The van der Waals surface area contributed by atoms with Crippen molar-refractivity contribution in [2.24, 2.45) is 5.92 Å². The molecule has 1 aliphatic rings. The third-order valence-electron chi connectivity index (χ3n) is 3.01. The number of hydrogen-bond donors (Lipinski definition) is 2. The summed E-state index contributed by atoms with van der Waals surface area (Å²) in [5.74, 6) is -0.644. The van der Waals surface area contributed by atoms with Gasteiger partial charge in [0.1, 0.15) is 6.54 Å². The molecule has 0 aromatic carbocycles. The predicted octanol–water partition coefficient (Wildman–Crippen LogP) is 0.729. The standard InChI is InChI=1S/C11H20N2O3.ClH/c1-8-4-11(2,3)13(6-8)7-9(14)12-5-10(15)16;/h8H,4-7H2,1-3H3,(H,12,14)(H,15,16);1H. The summed E-state index contributed by atoms with van der Waals surface area (Å²) in [5, 5.41) is 10.8. The van der Waals surface area contributed by atoms with Gasteiger partial charge in [-0.1, -0.05) is 6.92 Å². The highest BCUT2D eigenvalue weighted by Crippen LogP contribution is 2.31. The first kappa shape index (κ1) is 16.2. The zero-order chi connectivity index (χ0) is 12.3. The van der Waals surface area contributed by atoms with E-state index >= 15 is 0 Å². The van der Waals surface area contributed by atoms with Gasteiger partial charge in [-0.3, -0.25) is 14.5 Å². The van der Waals surface area contributed by atoms with Gasteiger partial charge in [-0.25, -0.2) is 0 Å². The second-order valence-electron chi connectivity index (χ2n) is 5.17. The molecule has 100 valence electrons. The van der Waals surface area contributed by atoms with E-state index in [2.05, 4.69) is 31.0 Å². The van der Waals surface area contributed by atoms with Crippen LogP contribution in [0.4, 0.5) is 0 Å². The zero-order valence-electron chi connectivity index (χ0n) is 10.5. The molecule has 2 N–H and O–H groups in total. The van der Waals surface area contributed by atoms with Gasteiger partial charge in [-0.2, -0.15) is 0 Å². The third-order valence-corrected chi connectivity index (χ3v) is 3.01. The number of carboxylic acids is 1. The van der Waals surface area contributed by atoms with E-state index in [1.165, 1.54) is 0 Å². The summed E-state index contributed by atoms with van der Waals surface area (Å²) in [6.07, 6.45) is 1.07. The van der Waals surface area contributed by atoms with Crippen LogP contribution in [0, 0.1) is 5.92 Å². The largest absolute Gasteiger partial charge is 0.480 e. The van der Waals surface area contributed by atoms with Crippen LogP contribution in [0.15, 0.2) is 0 Å². The molecule has 0 aliphatic carbocycles. The van der Waals surface area contributed by atoms with Gasteiger partial charge in [-0.15, -0.1) is 12.4 Å². The van der Waals surface area contributed by atoms with Crippen LogP contribution in [0.1, 0.15) is 27.2 Å². The third kappa shape index (κ3) is 4.91. The van der Waals surface area contributed by atoms with E-state index < -0.39 is 5.97 Å². The molecule has 17 heavy (non-hydrogen) atoms. The minimum Gasteiger partial charge on any atom is -0.480 e.